The lowest BCUT2D eigenvalue weighted by atomic mass is 10.0. The standard InChI is InChI=1S/C19H34N4O5/c1-12(2)17(23-16(26)10-6-5-8-13(3)24)18(27)22-15(14(4)25)9-7-11-21-19(20)28/h12,15,17H,5-11H2,1-4H3,(H,22,27)(H,23,26)(H3,20,21,28)/t15-,17-/m0/s1. The van der Waals surface area contributed by atoms with Crippen LogP contribution in [0.15, 0.2) is 0 Å². The van der Waals surface area contributed by atoms with Crippen molar-refractivity contribution < 1.29 is 24.0 Å². The van der Waals surface area contributed by atoms with E-state index in [9.17, 15) is 24.0 Å². The van der Waals surface area contributed by atoms with E-state index in [1.807, 2.05) is 0 Å². The molecule has 0 aromatic carbocycles. The Labute approximate surface area is 166 Å². The first kappa shape index (κ1) is 25.6. The lowest BCUT2D eigenvalue weighted by Gasteiger charge is -2.24. The van der Waals surface area contributed by atoms with Gasteiger partial charge in [-0.25, -0.2) is 4.79 Å². The van der Waals surface area contributed by atoms with E-state index in [2.05, 4.69) is 16.0 Å². The summed E-state index contributed by atoms with van der Waals surface area (Å²) in [5.74, 6) is -0.963. The molecule has 5 N–H and O–H groups in total. The summed E-state index contributed by atoms with van der Waals surface area (Å²) >= 11 is 0. The highest BCUT2D eigenvalue weighted by molar-refractivity contribution is 5.92. The van der Waals surface area contributed by atoms with Gasteiger partial charge in [-0.05, 0) is 45.4 Å². The maximum atomic E-state index is 12.6. The zero-order valence-electron chi connectivity index (χ0n) is 17.3. The molecule has 9 heteroatoms. The van der Waals surface area contributed by atoms with Crippen molar-refractivity contribution in [2.24, 2.45) is 11.7 Å². The van der Waals surface area contributed by atoms with Gasteiger partial charge in [-0.1, -0.05) is 13.8 Å². The number of carbonyl (C=O) groups excluding carboxylic acids is 5. The lowest BCUT2D eigenvalue weighted by molar-refractivity contribution is -0.132. The lowest BCUT2D eigenvalue weighted by Crippen LogP contribution is -2.53. The molecule has 0 unspecified atom stereocenters. The summed E-state index contributed by atoms with van der Waals surface area (Å²) in [7, 11) is 0. The van der Waals surface area contributed by atoms with Crippen LogP contribution in [0.3, 0.4) is 0 Å². The molecule has 4 amide bonds. The van der Waals surface area contributed by atoms with Crippen LogP contribution in [0.2, 0.25) is 0 Å². The van der Waals surface area contributed by atoms with Crippen LogP contribution < -0.4 is 21.7 Å². The summed E-state index contributed by atoms with van der Waals surface area (Å²) < 4.78 is 0. The van der Waals surface area contributed by atoms with Gasteiger partial charge >= 0.3 is 6.03 Å². The average molecular weight is 399 g/mol. The number of unbranched alkanes of at least 4 members (excludes halogenated alkanes) is 1. The molecule has 0 aromatic rings. The van der Waals surface area contributed by atoms with Gasteiger partial charge in [-0.2, -0.15) is 0 Å². The summed E-state index contributed by atoms with van der Waals surface area (Å²) in [4.78, 5) is 58.1. The van der Waals surface area contributed by atoms with Crippen molar-refractivity contribution in [3.8, 4) is 0 Å². The first-order chi connectivity index (χ1) is 13.0. The van der Waals surface area contributed by atoms with Crippen molar-refractivity contribution in [3.63, 3.8) is 0 Å². The van der Waals surface area contributed by atoms with E-state index in [1.165, 1.54) is 13.8 Å². The second-order valence-corrected chi connectivity index (χ2v) is 7.30. The summed E-state index contributed by atoms with van der Waals surface area (Å²) in [6.07, 6.45) is 2.70. The molecule has 160 valence electrons. The third-order valence-corrected chi connectivity index (χ3v) is 4.22. The van der Waals surface area contributed by atoms with Gasteiger partial charge in [0.2, 0.25) is 11.8 Å². The fourth-order valence-electron chi connectivity index (χ4n) is 2.60. The molecule has 0 heterocycles. The Morgan fingerprint density at radius 3 is 2.00 bits per heavy atom. The SMILES string of the molecule is CC(=O)CCCCC(=O)N[C@H](C(=O)N[C@@H](CCCNC(N)=O)C(C)=O)C(C)C. The highest BCUT2D eigenvalue weighted by Crippen LogP contribution is 2.07. The summed E-state index contributed by atoms with van der Waals surface area (Å²) in [6, 6.07) is -2.10. The molecule has 0 aromatic heterocycles. The Morgan fingerprint density at radius 2 is 1.50 bits per heavy atom. The minimum Gasteiger partial charge on any atom is -0.352 e. The van der Waals surface area contributed by atoms with Crippen LogP contribution in [0, 0.1) is 5.92 Å². The van der Waals surface area contributed by atoms with Crippen LogP contribution in [0.4, 0.5) is 4.79 Å². The number of amides is 4. The normalized spacial score (nSPS) is 12.8. The molecule has 2 atom stereocenters. The summed E-state index contributed by atoms with van der Waals surface area (Å²) in [6.45, 7) is 6.80. The molecule has 0 saturated heterocycles. The second-order valence-electron chi connectivity index (χ2n) is 7.30. The minimum atomic E-state index is -0.758. The van der Waals surface area contributed by atoms with Crippen molar-refractivity contribution in [2.45, 2.75) is 78.3 Å². The predicted octanol–water partition coefficient (Wildman–Crippen LogP) is 0.799. The van der Waals surface area contributed by atoms with E-state index in [1.54, 1.807) is 13.8 Å². The Morgan fingerprint density at radius 1 is 0.893 bits per heavy atom. The molecule has 0 bridgehead atoms. The van der Waals surface area contributed by atoms with Crippen molar-refractivity contribution in [3.05, 3.63) is 0 Å². The highest BCUT2D eigenvalue weighted by Gasteiger charge is 2.27. The molecular weight excluding hydrogens is 364 g/mol. The zero-order chi connectivity index (χ0) is 21.7. The number of primary amides is 1. The fraction of sp³-hybridized carbons (Fsp3) is 0.737. The Kier molecular flexibility index (Phi) is 12.5. The molecule has 0 aliphatic carbocycles. The Balaban J connectivity index is 4.62. The number of carbonyl (C=O) groups is 5. The molecular formula is C19H34N4O5. The number of Topliss-reactive ketones (excluding diaryl/α,β-unsaturated/α-hetero) is 2. The van der Waals surface area contributed by atoms with Gasteiger partial charge in [0.1, 0.15) is 11.8 Å². The van der Waals surface area contributed by atoms with Gasteiger partial charge < -0.3 is 26.5 Å². The molecule has 0 aliphatic rings. The quantitative estimate of drug-likeness (QED) is 0.319. The van der Waals surface area contributed by atoms with Gasteiger partial charge in [-0.15, -0.1) is 0 Å². The van der Waals surface area contributed by atoms with Gasteiger partial charge in [-0.3, -0.25) is 14.4 Å². The van der Waals surface area contributed by atoms with E-state index in [0.29, 0.717) is 38.6 Å². The van der Waals surface area contributed by atoms with Crippen LogP contribution >= 0.6 is 0 Å². The number of hydrogen-bond donors (Lipinski definition) is 4. The monoisotopic (exact) mass is 398 g/mol. The molecule has 9 nitrogen and oxygen atoms in total. The smallest absolute Gasteiger partial charge is 0.312 e. The third-order valence-electron chi connectivity index (χ3n) is 4.22. The van der Waals surface area contributed by atoms with Crippen molar-refractivity contribution >= 4 is 29.4 Å². The number of nitrogens with two attached hydrogens (primary N) is 1. The van der Waals surface area contributed by atoms with E-state index < -0.39 is 24.0 Å². The van der Waals surface area contributed by atoms with Crippen molar-refractivity contribution in [1.29, 1.82) is 0 Å². The maximum Gasteiger partial charge on any atom is 0.312 e. The first-order valence-corrected chi connectivity index (χ1v) is 9.67. The second kappa shape index (κ2) is 13.7. The van der Waals surface area contributed by atoms with E-state index >= 15 is 0 Å². The molecule has 28 heavy (non-hydrogen) atoms. The number of ketones is 2. The van der Waals surface area contributed by atoms with Gasteiger partial charge in [0.05, 0.1) is 6.04 Å². The van der Waals surface area contributed by atoms with Crippen LogP contribution in [0.5, 0.6) is 0 Å². The van der Waals surface area contributed by atoms with Crippen LogP contribution in [0.25, 0.3) is 0 Å². The van der Waals surface area contributed by atoms with Crippen LogP contribution in [-0.2, 0) is 19.2 Å². The maximum absolute atomic E-state index is 12.6. The number of nitrogens with one attached hydrogen (secondary N) is 3. The van der Waals surface area contributed by atoms with E-state index in [4.69, 9.17) is 5.73 Å². The summed E-state index contributed by atoms with van der Waals surface area (Å²) in [5, 5.41) is 7.82. The van der Waals surface area contributed by atoms with Crippen LogP contribution in [-0.4, -0.2) is 48.0 Å². The Bertz CT molecular complexity index is 563. The van der Waals surface area contributed by atoms with Crippen LogP contribution in [0.1, 0.15) is 66.2 Å². The van der Waals surface area contributed by atoms with Gasteiger partial charge in [0, 0.05) is 19.4 Å². The molecule has 0 spiro atoms. The van der Waals surface area contributed by atoms with E-state index in [-0.39, 0.29) is 29.8 Å². The molecule has 0 rings (SSSR count). The first-order valence-electron chi connectivity index (χ1n) is 9.67. The molecule has 0 radical (unpaired) electrons. The minimum absolute atomic E-state index is 0.0844. The predicted molar refractivity (Wildman–Crippen MR) is 105 cm³/mol. The number of rotatable bonds is 14. The van der Waals surface area contributed by atoms with E-state index in [0.717, 1.165) is 0 Å². The molecule has 0 saturated carbocycles. The summed E-state index contributed by atoms with van der Waals surface area (Å²) in [5.41, 5.74) is 4.98. The van der Waals surface area contributed by atoms with Gasteiger partial charge in [0.25, 0.3) is 0 Å². The zero-order valence-corrected chi connectivity index (χ0v) is 17.3. The number of urea groups is 1. The Hall–Kier alpha value is -2.45. The molecule has 0 aliphatic heterocycles. The largest absolute Gasteiger partial charge is 0.352 e. The molecule has 0 fully saturated rings. The highest BCUT2D eigenvalue weighted by atomic mass is 16.2. The van der Waals surface area contributed by atoms with Crippen molar-refractivity contribution in [2.75, 3.05) is 6.54 Å². The van der Waals surface area contributed by atoms with Gasteiger partial charge in [0.15, 0.2) is 5.78 Å². The average Bonchev–Trinajstić information content (AvgIpc) is 2.58. The number of hydrogen-bond acceptors (Lipinski definition) is 5. The topological polar surface area (TPSA) is 147 Å². The van der Waals surface area contributed by atoms with Crippen molar-refractivity contribution in [1.82, 2.24) is 16.0 Å². The third kappa shape index (κ3) is 12.0. The fourth-order valence-corrected chi connectivity index (χ4v) is 2.60.